The lowest BCUT2D eigenvalue weighted by atomic mass is 9.95. The number of hydrogen-bond donors (Lipinski definition) is 1. The zero-order valence-corrected chi connectivity index (χ0v) is 11.7. The SMILES string of the molecule is Cc1ccc(C#N)c(=O)n1CC(=O)NC1CCCCC1. The van der Waals surface area contributed by atoms with Gasteiger partial charge in [-0.25, -0.2) is 0 Å². The second-order valence-corrected chi connectivity index (χ2v) is 5.29. The molecule has 1 fully saturated rings. The summed E-state index contributed by atoms with van der Waals surface area (Å²) in [5.41, 5.74) is 0.361. The number of nitriles is 1. The number of carbonyl (C=O) groups is 1. The maximum Gasteiger partial charge on any atom is 0.269 e. The second kappa shape index (κ2) is 6.38. The molecule has 20 heavy (non-hydrogen) atoms. The van der Waals surface area contributed by atoms with Gasteiger partial charge in [0.15, 0.2) is 0 Å². The van der Waals surface area contributed by atoms with Gasteiger partial charge in [0, 0.05) is 11.7 Å². The van der Waals surface area contributed by atoms with Crippen LogP contribution in [0.25, 0.3) is 0 Å². The summed E-state index contributed by atoms with van der Waals surface area (Å²) in [6.45, 7) is 1.74. The van der Waals surface area contributed by atoms with Crippen LogP contribution in [0.2, 0.25) is 0 Å². The number of amides is 1. The molecule has 106 valence electrons. The number of pyridine rings is 1. The zero-order chi connectivity index (χ0) is 14.5. The molecule has 2 rings (SSSR count). The van der Waals surface area contributed by atoms with Crippen molar-refractivity contribution in [2.24, 2.45) is 0 Å². The Kier molecular flexibility index (Phi) is 4.57. The Morgan fingerprint density at radius 1 is 1.40 bits per heavy atom. The molecule has 1 aromatic rings. The Morgan fingerprint density at radius 2 is 2.10 bits per heavy atom. The fraction of sp³-hybridized carbons (Fsp3) is 0.533. The predicted octanol–water partition coefficient (Wildman–Crippen LogP) is 1.48. The first kappa shape index (κ1) is 14.3. The van der Waals surface area contributed by atoms with Crippen LogP contribution in [0.5, 0.6) is 0 Å². The Balaban J connectivity index is 2.08. The van der Waals surface area contributed by atoms with Gasteiger partial charge in [0.1, 0.15) is 18.2 Å². The molecule has 0 spiro atoms. The summed E-state index contributed by atoms with van der Waals surface area (Å²) in [6.07, 6.45) is 5.55. The van der Waals surface area contributed by atoms with Crippen LogP contribution in [0.1, 0.15) is 43.4 Å². The van der Waals surface area contributed by atoms with Crippen LogP contribution in [-0.2, 0) is 11.3 Å². The molecular formula is C15H19N3O2. The van der Waals surface area contributed by atoms with E-state index in [0.29, 0.717) is 5.69 Å². The van der Waals surface area contributed by atoms with Crippen molar-refractivity contribution in [3.8, 4) is 6.07 Å². The molecule has 1 N–H and O–H groups in total. The molecule has 1 aromatic heterocycles. The zero-order valence-electron chi connectivity index (χ0n) is 11.7. The topological polar surface area (TPSA) is 74.9 Å². The minimum Gasteiger partial charge on any atom is -0.352 e. The van der Waals surface area contributed by atoms with Crippen molar-refractivity contribution in [1.29, 1.82) is 5.26 Å². The van der Waals surface area contributed by atoms with Crippen LogP contribution >= 0.6 is 0 Å². The number of aromatic nitrogens is 1. The number of nitrogens with one attached hydrogen (secondary N) is 1. The maximum atomic E-state index is 12.0. The maximum absolute atomic E-state index is 12.0. The van der Waals surface area contributed by atoms with E-state index < -0.39 is 5.56 Å². The van der Waals surface area contributed by atoms with E-state index in [9.17, 15) is 9.59 Å². The van der Waals surface area contributed by atoms with E-state index in [0.717, 1.165) is 25.7 Å². The van der Waals surface area contributed by atoms with Crippen LogP contribution in [0.15, 0.2) is 16.9 Å². The minimum atomic E-state index is -0.397. The fourth-order valence-electron chi connectivity index (χ4n) is 2.62. The first-order chi connectivity index (χ1) is 9.61. The number of hydrogen-bond acceptors (Lipinski definition) is 3. The van der Waals surface area contributed by atoms with E-state index in [4.69, 9.17) is 5.26 Å². The van der Waals surface area contributed by atoms with Crippen LogP contribution in [-0.4, -0.2) is 16.5 Å². The van der Waals surface area contributed by atoms with Gasteiger partial charge < -0.3 is 9.88 Å². The number of carbonyl (C=O) groups excluding carboxylic acids is 1. The van der Waals surface area contributed by atoms with Gasteiger partial charge in [-0.05, 0) is 31.9 Å². The number of rotatable bonds is 3. The van der Waals surface area contributed by atoms with Gasteiger partial charge in [-0.3, -0.25) is 9.59 Å². The van der Waals surface area contributed by atoms with Crippen LogP contribution in [0, 0.1) is 18.3 Å². The Bertz CT molecular complexity index is 592. The van der Waals surface area contributed by atoms with Gasteiger partial charge in [-0.15, -0.1) is 0 Å². The average Bonchev–Trinajstić information content (AvgIpc) is 2.45. The highest BCUT2D eigenvalue weighted by atomic mass is 16.2. The van der Waals surface area contributed by atoms with E-state index in [1.165, 1.54) is 17.1 Å². The van der Waals surface area contributed by atoms with Gasteiger partial charge in [0.2, 0.25) is 5.91 Å². The molecule has 1 aliphatic rings. The van der Waals surface area contributed by atoms with Crippen molar-refractivity contribution in [3.63, 3.8) is 0 Å². The second-order valence-electron chi connectivity index (χ2n) is 5.29. The first-order valence-corrected chi connectivity index (χ1v) is 7.01. The normalized spacial score (nSPS) is 15.6. The minimum absolute atomic E-state index is 0.0172. The highest BCUT2D eigenvalue weighted by molar-refractivity contribution is 5.76. The molecule has 0 atom stereocenters. The Labute approximate surface area is 118 Å². The summed E-state index contributed by atoms with van der Waals surface area (Å²) in [5.74, 6) is -0.155. The van der Waals surface area contributed by atoms with Crippen molar-refractivity contribution in [2.45, 2.75) is 51.6 Å². The molecule has 1 saturated carbocycles. The highest BCUT2D eigenvalue weighted by Gasteiger charge is 2.17. The summed E-state index contributed by atoms with van der Waals surface area (Å²) in [4.78, 5) is 24.0. The van der Waals surface area contributed by atoms with E-state index >= 15 is 0 Å². The van der Waals surface area contributed by atoms with Crippen LogP contribution in [0.4, 0.5) is 0 Å². The fourth-order valence-corrected chi connectivity index (χ4v) is 2.62. The van der Waals surface area contributed by atoms with Crippen molar-refractivity contribution < 1.29 is 4.79 Å². The summed E-state index contributed by atoms with van der Waals surface area (Å²) < 4.78 is 1.36. The quantitative estimate of drug-likeness (QED) is 0.906. The van der Waals surface area contributed by atoms with Crippen molar-refractivity contribution in [2.75, 3.05) is 0 Å². The van der Waals surface area contributed by atoms with Crippen molar-refractivity contribution >= 4 is 5.91 Å². The lowest BCUT2D eigenvalue weighted by Gasteiger charge is -2.23. The van der Waals surface area contributed by atoms with E-state index in [2.05, 4.69) is 5.32 Å². The molecule has 1 aliphatic carbocycles. The van der Waals surface area contributed by atoms with E-state index in [1.807, 2.05) is 6.07 Å². The molecule has 0 aliphatic heterocycles. The van der Waals surface area contributed by atoms with Crippen molar-refractivity contribution in [1.82, 2.24) is 9.88 Å². The number of aryl methyl sites for hydroxylation is 1. The molecule has 5 heteroatoms. The van der Waals surface area contributed by atoms with E-state index in [-0.39, 0.29) is 24.1 Å². The standard InChI is InChI=1S/C15H19N3O2/c1-11-7-8-12(9-16)15(20)18(11)10-14(19)17-13-5-3-2-4-6-13/h7-8,13H,2-6,10H2,1H3,(H,17,19). The first-order valence-electron chi connectivity index (χ1n) is 7.01. The third kappa shape index (κ3) is 3.27. The highest BCUT2D eigenvalue weighted by Crippen LogP contribution is 2.17. The molecule has 1 heterocycles. The molecule has 0 unspecified atom stereocenters. The smallest absolute Gasteiger partial charge is 0.269 e. The van der Waals surface area contributed by atoms with Gasteiger partial charge in [-0.1, -0.05) is 19.3 Å². The summed E-state index contributed by atoms with van der Waals surface area (Å²) in [5, 5.41) is 11.8. The number of nitrogens with zero attached hydrogens (tertiary/aromatic N) is 2. The lowest BCUT2D eigenvalue weighted by Crippen LogP contribution is -2.40. The van der Waals surface area contributed by atoms with Gasteiger partial charge in [0.25, 0.3) is 5.56 Å². The molecule has 0 saturated heterocycles. The van der Waals surface area contributed by atoms with Gasteiger partial charge >= 0.3 is 0 Å². The molecular weight excluding hydrogens is 254 g/mol. The summed E-state index contributed by atoms with van der Waals surface area (Å²) in [7, 11) is 0. The van der Waals surface area contributed by atoms with E-state index in [1.54, 1.807) is 13.0 Å². The Hall–Kier alpha value is -2.09. The molecule has 1 amide bonds. The summed E-state index contributed by atoms with van der Waals surface area (Å²) >= 11 is 0. The molecule has 0 aromatic carbocycles. The summed E-state index contributed by atoms with van der Waals surface area (Å²) in [6, 6.07) is 5.26. The largest absolute Gasteiger partial charge is 0.352 e. The Morgan fingerprint density at radius 3 is 2.75 bits per heavy atom. The molecule has 0 radical (unpaired) electrons. The van der Waals surface area contributed by atoms with Gasteiger partial charge in [-0.2, -0.15) is 5.26 Å². The molecule has 5 nitrogen and oxygen atoms in total. The van der Waals surface area contributed by atoms with Crippen LogP contribution < -0.4 is 10.9 Å². The third-order valence-corrected chi connectivity index (χ3v) is 3.78. The third-order valence-electron chi connectivity index (χ3n) is 3.78. The van der Waals surface area contributed by atoms with Gasteiger partial charge in [0.05, 0.1) is 0 Å². The predicted molar refractivity (Wildman–Crippen MR) is 75.2 cm³/mol. The molecule has 0 bridgehead atoms. The lowest BCUT2D eigenvalue weighted by molar-refractivity contribution is -0.122. The van der Waals surface area contributed by atoms with Crippen LogP contribution in [0.3, 0.4) is 0 Å². The average molecular weight is 273 g/mol. The monoisotopic (exact) mass is 273 g/mol. The van der Waals surface area contributed by atoms with Crippen molar-refractivity contribution in [3.05, 3.63) is 33.7 Å².